The van der Waals surface area contributed by atoms with E-state index < -0.39 is 23.4 Å². The van der Waals surface area contributed by atoms with Crippen LogP contribution in [0, 0.1) is 17.0 Å². The lowest BCUT2D eigenvalue weighted by Gasteiger charge is -2.16. The third kappa shape index (κ3) is 5.27. The number of anilines is 1. The fraction of sp³-hybridized carbons (Fsp3) is 0.263. The summed E-state index contributed by atoms with van der Waals surface area (Å²) in [6.07, 6.45) is 0. The number of nitro groups is 1. The van der Waals surface area contributed by atoms with Crippen molar-refractivity contribution in [1.29, 1.82) is 0 Å². The van der Waals surface area contributed by atoms with Crippen LogP contribution in [0.25, 0.3) is 0 Å². The lowest BCUT2D eigenvalue weighted by atomic mass is 10.1. The Balaban J connectivity index is 2.00. The van der Waals surface area contributed by atoms with Crippen molar-refractivity contribution in [1.82, 2.24) is 5.32 Å². The first-order chi connectivity index (χ1) is 12.8. The van der Waals surface area contributed by atoms with Crippen LogP contribution in [0.15, 0.2) is 42.5 Å². The van der Waals surface area contributed by atoms with Gasteiger partial charge in [0, 0.05) is 32.8 Å². The van der Waals surface area contributed by atoms with E-state index in [-0.39, 0.29) is 11.3 Å². The second-order valence-corrected chi connectivity index (χ2v) is 6.13. The highest BCUT2D eigenvalue weighted by molar-refractivity contribution is 5.97. The third-order valence-corrected chi connectivity index (χ3v) is 3.96. The van der Waals surface area contributed by atoms with Crippen LogP contribution in [0.2, 0.25) is 0 Å². The number of ether oxygens (including phenoxy) is 1. The van der Waals surface area contributed by atoms with Gasteiger partial charge < -0.3 is 15.0 Å². The van der Waals surface area contributed by atoms with Gasteiger partial charge in [-0.25, -0.2) is 4.79 Å². The zero-order valence-electron chi connectivity index (χ0n) is 15.4. The molecule has 2 rings (SSSR count). The maximum absolute atomic E-state index is 12.3. The van der Waals surface area contributed by atoms with E-state index in [0.717, 1.165) is 17.2 Å². The molecule has 0 atom stereocenters. The topological polar surface area (TPSA) is 102 Å². The minimum absolute atomic E-state index is 0.0286. The van der Waals surface area contributed by atoms with Gasteiger partial charge in [0.15, 0.2) is 6.61 Å². The number of esters is 1. The van der Waals surface area contributed by atoms with Crippen molar-refractivity contribution in [3.05, 3.63) is 69.3 Å². The number of hydrogen-bond acceptors (Lipinski definition) is 6. The number of non-ortho nitro benzene ring substituents is 1. The summed E-state index contributed by atoms with van der Waals surface area (Å²) < 4.78 is 5.03. The fourth-order valence-electron chi connectivity index (χ4n) is 2.45. The number of carbonyl (C=O) groups excluding carboxylic acids is 2. The van der Waals surface area contributed by atoms with E-state index in [1.807, 2.05) is 31.2 Å². The molecule has 0 aromatic heterocycles. The van der Waals surface area contributed by atoms with E-state index in [1.54, 1.807) is 19.0 Å². The van der Waals surface area contributed by atoms with Crippen LogP contribution in [0.3, 0.4) is 0 Å². The maximum Gasteiger partial charge on any atom is 0.341 e. The molecule has 2 aromatic carbocycles. The number of benzene rings is 2. The fourth-order valence-corrected chi connectivity index (χ4v) is 2.45. The van der Waals surface area contributed by atoms with Gasteiger partial charge in [0.1, 0.15) is 0 Å². The Morgan fingerprint density at radius 2 is 1.89 bits per heavy atom. The molecule has 0 unspecified atom stereocenters. The number of nitrogens with zero attached hydrogens (tertiary/aromatic N) is 2. The molecule has 0 heterocycles. The lowest BCUT2D eigenvalue weighted by Crippen LogP contribution is -2.29. The Hall–Kier alpha value is -3.42. The van der Waals surface area contributed by atoms with Crippen molar-refractivity contribution in [2.45, 2.75) is 13.5 Å². The molecule has 0 spiro atoms. The summed E-state index contributed by atoms with van der Waals surface area (Å²) in [5.74, 6) is -1.25. The van der Waals surface area contributed by atoms with Gasteiger partial charge in [0.25, 0.3) is 11.6 Å². The van der Waals surface area contributed by atoms with E-state index in [4.69, 9.17) is 4.74 Å². The molecule has 0 saturated carbocycles. The highest BCUT2D eigenvalue weighted by Gasteiger charge is 2.20. The molecule has 1 amide bonds. The van der Waals surface area contributed by atoms with Crippen molar-refractivity contribution < 1.29 is 19.2 Å². The third-order valence-electron chi connectivity index (χ3n) is 3.96. The van der Waals surface area contributed by atoms with Crippen molar-refractivity contribution in [3.8, 4) is 0 Å². The predicted molar refractivity (Wildman–Crippen MR) is 101 cm³/mol. The number of aryl methyl sites for hydroxylation is 1. The van der Waals surface area contributed by atoms with E-state index in [1.165, 1.54) is 12.1 Å². The molecular formula is C19H21N3O5. The van der Waals surface area contributed by atoms with Crippen LogP contribution < -0.4 is 10.2 Å². The Morgan fingerprint density at radius 3 is 2.52 bits per heavy atom. The normalized spacial score (nSPS) is 10.2. The summed E-state index contributed by atoms with van der Waals surface area (Å²) in [6.45, 7) is 1.79. The smallest absolute Gasteiger partial charge is 0.341 e. The summed E-state index contributed by atoms with van der Waals surface area (Å²) in [5, 5.41) is 13.6. The van der Waals surface area contributed by atoms with Gasteiger partial charge in [0.05, 0.1) is 16.2 Å². The van der Waals surface area contributed by atoms with Crippen LogP contribution in [0.5, 0.6) is 0 Å². The first-order valence-electron chi connectivity index (χ1n) is 8.23. The molecular weight excluding hydrogens is 350 g/mol. The highest BCUT2D eigenvalue weighted by atomic mass is 16.6. The molecule has 0 aliphatic heterocycles. The standard InChI is InChI=1S/C19H21N3O5/c1-13-6-4-5-7-14(13)11-20-18(23)12-27-19(24)16-10-15(22(25)26)8-9-17(16)21(2)3/h4-10H,11-12H2,1-3H3,(H,20,23). The molecule has 142 valence electrons. The lowest BCUT2D eigenvalue weighted by molar-refractivity contribution is -0.384. The number of hydrogen-bond donors (Lipinski definition) is 1. The SMILES string of the molecule is Cc1ccccc1CNC(=O)COC(=O)c1cc([N+](=O)[O-])ccc1N(C)C. The van der Waals surface area contributed by atoms with Crippen LogP contribution >= 0.6 is 0 Å². The maximum atomic E-state index is 12.3. The van der Waals surface area contributed by atoms with Crippen molar-refractivity contribution in [2.24, 2.45) is 0 Å². The van der Waals surface area contributed by atoms with E-state index in [2.05, 4.69) is 5.32 Å². The number of rotatable bonds is 7. The molecule has 0 fully saturated rings. The van der Waals surface area contributed by atoms with E-state index >= 15 is 0 Å². The van der Waals surface area contributed by atoms with Crippen LogP contribution in [-0.4, -0.2) is 37.5 Å². The summed E-state index contributed by atoms with van der Waals surface area (Å²) >= 11 is 0. The van der Waals surface area contributed by atoms with E-state index in [0.29, 0.717) is 12.2 Å². The molecule has 0 aliphatic carbocycles. The largest absolute Gasteiger partial charge is 0.452 e. The van der Waals surface area contributed by atoms with Gasteiger partial charge in [-0.05, 0) is 24.1 Å². The molecule has 8 heteroatoms. The molecule has 0 bridgehead atoms. The monoisotopic (exact) mass is 371 g/mol. The number of carbonyl (C=O) groups is 2. The van der Waals surface area contributed by atoms with Crippen LogP contribution in [0.1, 0.15) is 21.5 Å². The van der Waals surface area contributed by atoms with Crippen molar-refractivity contribution in [2.75, 3.05) is 25.6 Å². The van der Waals surface area contributed by atoms with Crippen molar-refractivity contribution in [3.63, 3.8) is 0 Å². The number of nitro benzene ring substituents is 1. The molecule has 0 saturated heterocycles. The molecule has 1 N–H and O–H groups in total. The van der Waals surface area contributed by atoms with Gasteiger partial charge >= 0.3 is 5.97 Å². The zero-order chi connectivity index (χ0) is 20.0. The summed E-state index contributed by atoms with van der Waals surface area (Å²) in [5.41, 5.74) is 2.27. The first kappa shape index (κ1) is 19.9. The van der Waals surface area contributed by atoms with Crippen molar-refractivity contribution >= 4 is 23.3 Å². The first-order valence-corrected chi connectivity index (χ1v) is 8.23. The highest BCUT2D eigenvalue weighted by Crippen LogP contribution is 2.24. The molecule has 0 aliphatic rings. The van der Waals surface area contributed by atoms with Gasteiger partial charge in [0.2, 0.25) is 0 Å². The second kappa shape index (κ2) is 8.79. The Morgan fingerprint density at radius 1 is 1.19 bits per heavy atom. The van der Waals surface area contributed by atoms with Gasteiger partial charge in [-0.3, -0.25) is 14.9 Å². The quantitative estimate of drug-likeness (QED) is 0.456. The predicted octanol–water partition coefficient (Wildman–Crippen LogP) is 2.44. The molecule has 8 nitrogen and oxygen atoms in total. The van der Waals surface area contributed by atoms with Gasteiger partial charge in [-0.1, -0.05) is 24.3 Å². The molecule has 0 radical (unpaired) electrons. The van der Waals surface area contributed by atoms with E-state index in [9.17, 15) is 19.7 Å². The Labute approximate surface area is 156 Å². The summed E-state index contributed by atoms with van der Waals surface area (Å²) in [4.78, 5) is 36.3. The Bertz CT molecular complexity index is 864. The average Bonchev–Trinajstić information content (AvgIpc) is 2.64. The number of nitrogens with one attached hydrogen (secondary N) is 1. The van der Waals surface area contributed by atoms with Gasteiger partial charge in [-0.15, -0.1) is 0 Å². The van der Waals surface area contributed by atoms with Crippen LogP contribution in [-0.2, 0) is 16.1 Å². The minimum Gasteiger partial charge on any atom is -0.452 e. The Kier molecular flexibility index (Phi) is 6.48. The summed E-state index contributed by atoms with van der Waals surface area (Å²) in [6, 6.07) is 11.5. The molecule has 27 heavy (non-hydrogen) atoms. The second-order valence-electron chi connectivity index (χ2n) is 6.13. The summed E-state index contributed by atoms with van der Waals surface area (Å²) in [7, 11) is 3.40. The minimum atomic E-state index is -0.798. The van der Waals surface area contributed by atoms with Gasteiger partial charge in [-0.2, -0.15) is 0 Å². The number of amides is 1. The molecule has 2 aromatic rings. The van der Waals surface area contributed by atoms with Crippen LogP contribution in [0.4, 0.5) is 11.4 Å². The average molecular weight is 371 g/mol. The zero-order valence-corrected chi connectivity index (χ0v) is 15.4.